The molecule has 112 valence electrons. The highest BCUT2D eigenvalue weighted by Crippen LogP contribution is 2.21. The van der Waals surface area contributed by atoms with Crippen LogP contribution in [0.5, 0.6) is 0 Å². The molecular weight excluding hydrogens is 268 g/mol. The number of nitrogens with zero attached hydrogens (tertiary/aromatic N) is 1. The average molecular weight is 288 g/mol. The van der Waals surface area contributed by atoms with Crippen LogP contribution in [-0.4, -0.2) is 23.9 Å². The summed E-state index contributed by atoms with van der Waals surface area (Å²) >= 11 is 0. The molecule has 21 heavy (non-hydrogen) atoms. The van der Waals surface area contributed by atoms with Crippen molar-refractivity contribution in [3.63, 3.8) is 0 Å². The van der Waals surface area contributed by atoms with Crippen LogP contribution in [0.2, 0.25) is 0 Å². The molecule has 0 spiro atoms. The van der Waals surface area contributed by atoms with Crippen LogP contribution in [0.1, 0.15) is 18.4 Å². The summed E-state index contributed by atoms with van der Waals surface area (Å²) in [5, 5.41) is 3.28. The molecule has 1 aliphatic heterocycles. The monoisotopic (exact) mass is 288 g/mol. The quantitative estimate of drug-likeness (QED) is 0.917. The van der Waals surface area contributed by atoms with Crippen LogP contribution in [0.4, 0.5) is 0 Å². The van der Waals surface area contributed by atoms with Gasteiger partial charge in [-0.3, -0.25) is 4.79 Å². The molecule has 0 aromatic carbocycles. The first-order chi connectivity index (χ1) is 10.2. The highest BCUT2D eigenvalue weighted by Gasteiger charge is 2.33. The van der Waals surface area contributed by atoms with Crippen molar-refractivity contribution in [2.45, 2.75) is 20.0 Å². The van der Waals surface area contributed by atoms with E-state index in [0.29, 0.717) is 19.0 Å². The number of hydrogen-bond acceptors (Lipinski definition) is 4. The lowest BCUT2D eigenvalue weighted by Crippen LogP contribution is -2.37. The molecule has 2 aromatic heterocycles. The fourth-order valence-corrected chi connectivity index (χ4v) is 2.77. The summed E-state index contributed by atoms with van der Waals surface area (Å²) in [5.74, 6) is 2.10. The zero-order valence-electron chi connectivity index (χ0n) is 12.1. The predicted molar refractivity (Wildman–Crippen MR) is 77.2 cm³/mol. The topological polar surface area (TPSA) is 58.6 Å². The van der Waals surface area contributed by atoms with Crippen LogP contribution >= 0.6 is 0 Å². The number of nitrogens with one attached hydrogen (secondary N) is 1. The first-order valence-corrected chi connectivity index (χ1v) is 7.28. The number of amides is 1. The molecule has 1 N–H and O–H groups in total. The Morgan fingerprint density at radius 2 is 1.81 bits per heavy atom. The van der Waals surface area contributed by atoms with Crippen molar-refractivity contribution in [2.75, 3.05) is 13.1 Å². The van der Waals surface area contributed by atoms with Crippen LogP contribution in [-0.2, 0) is 17.9 Å². The van der Waals surface area contributed by atoms with E-state index >= 15 is 0 Å². The molecule has 0 bridgehead atoms. The highest BCUT2D eigenvalue weighted by molar-refractivity contribution is 5.79. The maximum atomic E-state index is 12.8. The van der Waals surface area contributed by atoms with Gasteiger partial charge in [0, 0.05) is 6.54 Å². The Labute approximate surface area is 123 Å². The highest BCUT2D eigenvalue weighted by atomic mass is 16.3. The molecule has 2 atom stereocenters. The number of rotatable bonds is 5. The van der Waals surface area contributed by atoms with Gasteiger partial charge in [0.05, 0.1) is 31.5 Å². The molecular formula is C16H20N2O3. The minimum Gasteiger partial charge on any atom is -0.467 e. The molecule has 0 unspecified atom stereocenters. The lowest BCUT2D eigenvalue weighted by atomic mass is 9.96. The molecule has 1 aliphatic rings. The normalized spacial score (nSPS) is 21.6. The molecule has 1 amide bonds. The van der Waals surface area contributed by atoms with Gasteiger partial charge >= 0.3 is 0 Å². The summed E-state index contributed by atoms with van der Waals surface area (Å²) in [6.45, 7) is 4.69. The van der Waals surface area contributed by atoms with Crippen molar-refractivity contribution < 1.29 is 13.6 Å². The zero-order chi connectivity index (χ0) is 14.7. The van der Waals surface area contributed by atoms with Crippen molar-refractivity contribution >= 4 is 5.91 Å². The summed E-state index contributed by atoms with van der Waals surface area (Å²) in [6.07, 6.45) is 3.26. The molecule has 1 saturated heterocycles. The zero-order valence-corrected chi connectivity index (χ0v) is 12.1. The van der Waals surface area contributed by atoms with Crippen LogP contribution in [0.3, 0.4) is 0 Å². The second-order valence-corrected chi connectivity index (χ2v) is 5.60. The molecule has 3 rings (SSSR count). The molecule has 0 radical (unpaired) electrons. The maximum absolute atomic E-state index is 12.8. The van der Waals surface area contributed by atoms with Gasteiger partial charge < -0.3 is 19.1 Å². The van der Waals surface area contributed by atoms with E-state index in [4.69, 9.17) is 8.83 Å². The largest absolute Gasteiger partial charge is 0.467 e. The van der Waals surface area contributed by atoms with E-state index in [-0.39, 0.29) is 11.8 Å². The molecule has 5 heteroatoms. The van der Waals surface area contributed by atoms with Gasteiger partial charge in [-0.1, -0.05) is 6.92 Å². The van der Waals surface area contributed by atoms with Crippen molar-refractivity contribution in [3.8, 4) is 0 Å². The third kappa shape index (κ3) is 3.19. The summed E-state index contributed by atoms with van der Waals surface area (Å²) < 4.78 is 10.8. The molecule has 3 heterocycles. The van der Waals surface area contributed by atoms with Crippen molar-refractivity contribution in [3.05, 3.63) is 48.3 Å². The van der Waals surface area contributed by atoms with Gasteiger partial charge in [-0.05, 0) is 36.7 Å². The smallest absolute Gasteiger partial charge is 0.228 e. The third-order valence-corrected chi connectivity index (χ3v) is 4.00. The second-order valence-electron chi connectivity index (χ2n) is 5.60. The van der Waals surface area contributed by atoms with Crippen LogP contribution in [0.15, 0.2) is 45.6 Å². The van der Waals surface area contributed by atoms with Gasteiger partial charge in [0.1, 0.15) is 11.5 Å². The number of furan rings is 2. The van der Waals surface area contributed by atoms with Gasteiger partial charge in [-0.2, -0.15) is 0 Å². The molecule has 0 aliphatic carbocycles. The first kappa shape index (κ1) is 13.9. The second kappa shape index (κ2) is 6.18. The lowest BCUT2D eigenvalue weighted by molar-refractivity contribution is -0.137. The van der Waals surface area contributed by atoms with E-state index in [2.05, 4.69) is 12.2 Å². The third-order valence-electron chi connectivity index (χ3n) is 4.00. The fourth-order valence-electron chi connectivity index (χ4n) is 2.77. The Morgan fingerprint density at radius 1 is 1.19 bits per heavy atom. The Balaban J connectivity index is 1.75. The van der Waals surface area contributed by atoms with Crippen LogP contribution < -0.4 is 5.32 Å². The SMILES string of the molecule is C[C@@H]1CNC[C@H]1C(=O)N(Cc1ccco1)Cc1ccco1. The van der Waals surface area contributed by atoms with E-state index in [0.717, 1.165) is 24.6 Å². The number of carbonyl (C=O) groups excluding carboxylic acids is 1. The summed E-state index contributed by atoms with van der Waals surface area (Å²) in [5.41, 5.74) is 0. The van der Waals surface area contributed by atoms with E-state index in [9.17, 15) is 4.79 Å². The minimum absolute atomic E-state index is 0.0231. The average Bonchev–Trinajstić information content (AvgIpc) is 3.19. The van der Waals surface area contributed by atoms with Gasteiger partial charge in [-0.15, -0.1) is 0 Å². The van der Waals surface area contributed by atoms with E-state index in [1.54, 1.807) is 12.5 Å². The van der Waals surface area contributed by atoms with E-state index in [1.807, 2.05) is 29.2 Å². The molecule has 1 fully saturated rings. The van der Waals surface area contributed by atoms with Crippen molar-refractivity contribution in [1.82, 2.24) is 10.2 Å². The number of carbonyl (C=O) groups is 1. The fraction of sp³-hybridized carbons (Fsp3) is 0.438. The van der Waals surface area contributed by atoms with E-state index < -0.39 is 0 Å². The lowest BCUT2D eigenvalue weighted by Gasteiger charge is -2.25. The van der Waals surface area contributed by atoms with E-state index in [1.165, 1.54) is 0 Å². The standard InChI is InChI=1S/C16H20N2O3/c1-12-8-17-9-15(12)16(19)18(10-13-4-2-6-20-13)11-14-5-3-7-21-14/h2-7,12,15,17H,8-11H2,1H3/t12-,15-/m1/s1. The first-order valence-electron chi connectivity index (χ1n) is 7.28. The summed E-state index contributed by atoms with van der Waals surface area (Å²) in [4.78, 5) is 14.6. The summed E-state index contributed by atoms with van der Waals surface area (Å²) in [7, 11) is 0. The number of hydrogen-bond donors (Lipinski definition) is 1. The Hall–Kier alpha value is -2.01. The Morgan fingerprint density at radius 3 is 2.24 bits per heavy atom. The van der Waals surface area contributed by atoms with Crippen molar-refractivity contribution in [2.24, 2.45) is 11.8 Å². The van der Waals surface area contributed by atoms with Gasteiger partial charge in [0.25, 0.3) is 0 Å². The van der Waals surface area contributed by atoms with Gasteiger partial charge in [-0.25, -0.2) is 0 Å². The molecule has 5 nitrogen and oxygen atoms in total. The van der Waals surface area contributed by atoms with Crippen molar-refractivity contribution in [1.29, 1.82) is 0 Å². The van der Waals surface area contributed by atoms with Crippen LogP contribution in [0.25, 0.3) is 0 Å². The minimum atomic E-state index is 0.0231. The maximum Gasteiger partial charge on any atom is 0.228 e. The van der Waals surface area contributed by atoms with Gasteiger partial charge in [0.15, 0.2) is 0 Å². The van der Waals surface area contributed by atoms with Crippen LogP contribution in [0, 0.1) is 11.8 Å². The summed E-state index contributed by atoms with van der Waals surface area (Å²) in [6, 6.07) is 7.45. The predicted octanol–water partition coefficient (Wildman–Crippen LogP) is 2.26. The Bertz CT molecular complexity index is 526. The van der Waals surface area contributed by atoms with Gasteiger partial charge in [0.2, 0.25) is 5.91 Å². The molecule has 2 aromatic rings. The Kier molecular flexibility index (Phi) is 4.10. The molecule has 0 saturated carbocycles.